The fourth-order valence-corrected chi connectivity index (χ4v) is 4.57. The van der Waals surface area contributed by atoms with Crippen LogP contribution in [0.25, 0.3) is 0 Å². The van der Waals surface area contributed by atoms with Crippen molar-refractivity contribution in [2.45, 2.75) is 32.4 Å². The van der Waals surface area contributed by atoms with Gasteiger partial charge in [0, 0.05) is 17.5 Å². The lowest BCUT2D eigenvalue weighted by molar-refractivity contribution is -0.144. The molecule has 1 aromatic heterocycles. The minimum Gasteiger partial charge on any atom is -0.494 e. The number of benzene rings is 1. The van der Waals surface area contributed by atoms with E-state index in [2.05, 4.69) is 4.90 Å². The average Bonchev–Trinajstić information content (AvgIpc) is 3.45. The molecule has 0 unspecified atom stereocenters. The topological polar surface area (TPSA) is 70.2 Å². The molecule has 29 heavy (non-hydrogen) atoms. The van der Waals surface area contributed by atoms with E-state index >= 15 is 0 Å². The number of ether oxygens (including phenoxy) is 1. The van der Waals surface area contributed by atoms with Crippen LogP contribution in [0.1, 0.15) is 36.2 Å². The van der Waals surface area contributed by atoms with Gasteiger partial charge in [0.05, 0.1) is 19.8 Å². The Kier molecular flexibility index (Phi) is 5.64. The Morgan fingerprint density at radius 1 is 1.07 bits per heavy atom. The van der Waals surface area contributed by atoms with Gasteiger partial charge in [-0.2, -0.15) is 0 Å². The van der Waals surface area contributed by atoms with Gasteiger partial charge in [-0.25, -0.2) is 9.69 Å². The number of thiophene rings is 1. The summed E-state index contributed by atoms with van der Waals surface area (Å²) in [5.41, 5.74) is 1.12. The minimum absolute atomic E-state index is 0.104. The van der Waals surface area contributed by atoms with Crippen LogP contribution in [0.4, 0.5) is 4.79 Å². The number of likely N-dealkylation sites (tertiary alicyclic amines) is 1. The fraction of sp³-hybridized carbons (Fsp3) is 0.381. The van der Waals surface area contributed by atoms with Crippen molar-refractivity contribution in [3.05, 3.63) is 52.2 Å². The van der Waals surface area contributed by atoms with Gasteiger partial charge in [-0.3, -0.25) is 19.4 Å². The second-order valence-corrected chi connectivity index (χ2v) is 8.13. The Bertz CT molecular complexity index is 897. The van der Waals surface area contributed by atoms with Gasteiger partial charge in [0.1, 0.15) is 5.75 Å². The zero-order chi connectivity index (χ0) is 20.4. The summed E-state index contributed by atoms with van der Waals surface area (Å²) in [6.45, 7) is 3.60. The maximum atomic E-state index is 12.8. The molecule has 2 aliphatic heterocycles. The molecule has 7 nitrogen and oxygen atoms in total. The minimum atomic E-state index is -0.750. The molecule has 1 atom stereocenters. The molecule has 4 amide bonds. The molecular weight excluding hydrogens is 390 g/mol. The lowest BCUT2D eigenvalue weighted by Crippen LogP contribution is -2.42. The van der Waals surface area contributed by atoms with E-state index in [4.69, 9.17) is 4.74 Å². The highest BCUT2D eigenvalue weighted by Gasteiger charge is 2.46. The van der Waals surface area contributed by atoms with E-state index in [1.54, 1.807) is 0 Å². The zero-order valence-electron chi connectivity index (χ0n) is 16.2. The van der Waals surface area contributed by atoms with Gasteiger partial charge >= 0.3 is 17.8 Å². The third-order valence-corrected chi connectivity index (χ3v) is 6.15. The lowest BCUT2D eigenvalue weighted by Gasteiger charge is -2.28. The van der Waals surface area contributed by atoms with Crippen molar-refractivity contribution in [2.24, 2.45) is 0 Å². The Balaban J connectivity index is 1.46. The van der Waals surface area contributed by atoms with Crippen LogP contribution >= 0.6 is 11.3 Å². The predicted octanol–water partition coefficient (Wildman–Crippen LogP) is 3.23. The van der Waals surface area contributed by atoms with Gasteiger partial charge in [-0.15, -0.1) is 11.3 Å². The quantitative estimate of drug-likeness (QED) is 0.515. The maximum Gasteiger partial charge on any atom is 0.335 e. The van der Waals surface area contributed by atoms with Gasteiger partial charge in [0.15, 0.2) is 0 Å². The van der Waals surface area contributed by atoms with Crippen LogP contribution in [-0.4, -0.2) is 52.4 Å². The average molecular weight is 413 g/mol. The van der Waals surface area contributed by atoms with Crippen LogP contribution in [-0.2, 0) is 16.1 Å². The van der Waals surface area contributed by atoms with Crippen molar-refractivity contribution in [2.75, 3.05) is 19.8 Å². The second-order valence-electron chi connectivity index (χ2n) is 7.10. The molecule has 0 bridgehead atoms. The molecule has 0 saturated carbocycles. The molecule has 2 fully saturated rings. The summed E-state index contributed by atoms with van der Waals surface area (Å²) < 4.78 is 5.50. The number of nitrogens with zero attached hydrogens (tertiary/aromatic N) is 3. The monoisotopic (exact) mass is 413 g/mol. The number of carbonyl (C=O) groups excluding carboxylic acids is 3. The van der Waals surface area contributed by atoms with E-state index < -0.39 is 17.8 Å². The van der Waals surface area contributed by atoms with Crippen molar-refractivity contribution < 1.29 is 19.1 Å². The first-order chi connectivity index (χ1) is 14.1. The molecule has 0 radical (unpaired) electrons. The third-order valence-electron chi connectivity index (χ3n) is 5.29. The fourth-order valence-electron chi connectivity index (χ4n) is 3.88. The molecule has 0 spiro atoms. The Labute approximate surface area is 173 Å². The van der Waals surface area contributed by atoms with Crippen molar-refractivity contribution in [1.82, 2.24) is 14.7 Å². The van der Waals surface area contributed by atoms with Gasteiger partial charge < -0.3 is 4.74 Å². The molecule has 2 aromatic rings. The smallest absolute Gasteiger partial charge is 0.335 e. The molecule has 152 valence electrons. The van der Waals surface area contributed by atoms with E-state index in [0.29, 0.717) is 6.61 Å². The number of urea groups is 1. The third kappa shape index (κ3) is 3.90. The van der Waals surface area contributed by atoms with Crippen molar-refractivity contribution >= 4 is 29.2 Å². The van der Waals surface area contributed by atoms with Crippen LogP contribution in [0.2, 0.25) is 0 Å². The number of carbonyl (C=O) groups is 3. The summed E-state index contributed by atoms with van der Waals surface area (Å²) in [5, 5.41) is 1.88. The zero-order valence-corrected chi connectivity index (χ0v) is 17.1. The maximum absolute atomic E-state index is 12.8. The largest absolute Gasteiger partial charge is 0.494 e. The van der Waals surface area contributed by atoms with E-state index in [9.17, 15) is 14.4 Å². The normalized spacial score (nSPS) is 20.2. The van der Waals surface area contributed by atoms with Crippen LogP contribution < -0.4 is 4.74 Å². The summed E-state index contributed by atoms with van der Waals surface area (Å²) in [4.78, 5) is 42.7. The first kappa shape index (κ1) is 19.6. The molecule has 8 heteroatoms. The van der Waals surface area contributed by atoms with Gasteiger partial charge in [0.2, 0.25) is 0 Å². The highest BCUT2D eigenvalue weighted by atomic mass is 32.1. The first-order valence-electron chi connectivity index (χ1n) is 9.75. The Morgan fingerprint density at radius 3 is 2.52 bits per heavy atom. The van der Waals surface area contributed by atoms with E-state index in [1.165, 1.54) is 11.3 Å². The number of hydrogen-bond donors (Lipinski definition) is 0. The number of imide groups is 2. The van der Waals surface area contributed by atoms with Gasteiger partial charge in [0.25, 0.3) is 0 Å². The second kappa shape index (κ2) is 8.34. The standard InChI is InChI=1S/C21H23N3O4S/c1-2-28-16-9-7-15(8-10-16)18-6-3-11-22(18)14-24-20(26)19(25)23(21(24)27)13-17-5-4-12-29-17/h4-5,7-10,12,18H,2-3,6,11,13-14H2,1H3/t18-/m1/s1. The van der Waals surface area contributed by atoms with Crippen molar-refractivity contribution in [3.8, 4) is 5.75 Å². The van der Waals surface area contributed by atoms with Crippen LogP contribution in [0.5, 0.6) is 5.75 Å². The van der Waals surface area contributed by atoms with Crippen molar-refractivity contribution in [3.63, 3.8) is 0 Å². The SMILES string of the molecule is CCOc1ccc([C@H]2CCCN2CN2C(=O)C(=O)N(Cc3cccs3)C2=O)cc1. The molecular formula is C21H23N3O4S. The van der Waals surface area contributed by atoms with Crippen LogP contribution in [0.15, 0.2) is 41.8 Å². The highest BCUT2D eigenvalue weighted by molar-refractivity contribution is 7.09. The molecule has 2 aliphatic rings. The van der Waals surface area contributed by atoms with Crippen molar-refractivity contribution in [1.29, 1.82) is 0 Å². The summed E-state index contributed by atoms with van der Waals surface area (Å²) in [6, 6.07) is 11.2. The number of hydrogen-bond acceptors (Lipinski definition) is 6. The van der Waals surface area contributed by atoms with Crippen LogP contribution in [0, 0.1) is 0 Å². The first-order valence-corrected chi connectivity index (χ1v) is 10.6. The molecule has 4 rings (SSSR count). The van der Waals surface area contributed by atoms with E-state index in [1.807, 2.05) is 48.7 Å². The van der Waals surface area contributed by atoms with Gasteiger partial charge in [-0.1, -0.05) is 18.2 Å². The molecule has 2 saturated heterocycles. The van der Waals surface area contributed by atoms with Crippen LogP contribution in [0.3, 0.4) is 0 Å². The molecule has 3 heterocycles. The summed E-state index contributed by atoms with van der Waals surface area (Å²) in [6.07, 6.45) is 1.91. The highest BCUT2D eigenvalue weighted by Crippen LogP contribution is 2.33. The summed E-state index contributed by atoms with van der Waals surface area (Å²) >= 11 is 1.45. The van der Waals surface area contributed by atoms with Gasteiger partial charge in [-0.05, 0) is 48.9 Å². The molecule has 0 aliphatic carbocycles. The summed E-state index contributed by atoms with van der Waals surface area (Å²) in [5.74, 6) is -0.676. The lowest BCUT2D eigenvalue weighted by atomic mass is 10.0. The molecule has 0 N–H and O–H groups in total. The Morgan fingerprint density at radius 2 is 1.83 bits per heavy atom. The number of rotatable bonds is 7. The Hall–Kier alpha value is -2.71. The summed E-state index contributed by atoms with van der Waals surface area (Å²) in [7, 11) is 0. The van der Waals surface area contributed by atoms with E-state index in [-0.39, 0.29) is 19.3 Å². The predicted molar refractivity (Wildman–Crippen MR) is 108 cm³/mol. The number of amides is 4. The van der Waals surface area contributed by atoms with E-state index in [0.717, 1.165) is 45.4 Å². The molecule has 1 aromatic carbocycles.